The second kappa shape index (κ2) is 19.3. The summed E-state index contributed by atoms with van der Waals surface area (Å²) in [6.07, 6.45) is 13.8. The van der Waals surface area contributed by atoms with Gasteiger partial charge in [-0.3, -0.25) is 8.80 Å². The van der Waals surface area contributed by atoms with Gasteiger partial charge in [-0.15, -0.1) is 0 Å². The molecule has 0 unspecified atom stereocenters. The minimum absolute atomic E-state index is 0. The largest absolute Gasteiger partial charge is 1.00 e. The summed E-state index contributed by atoms with van der Waals surface area (Å²) < 4.78 is 20.3. The molecule has 16 nitrogen and oxygen atoms in total. The van der Waals surface area contributed by atoms with Crippen LogP contribution in [0.4, 0.5) is 16.7 Å². The molecule has 19 heteroatoms. The first-order valence-electron chi connectivity index (χ1n) is 21.0. The van der Waals surface area contributed by atoms with E-state index in [4.69, 9.17) is 46.7 Å². The molecule has 332 valence electrons. The number of imidazole rings is 2. The number of benzene rings is 2. The molecule has 4 N–H and O–H groups in total. The summed E-state index contributed by atoms with van der Waals surface area (Å²) in [5.41, 5.74) is 5.62. The van der Waals surface area contributed by atoms with E-state index < -0.39 is 5.60 Å². The van der Waals surface area contributed by atoms with Gasteiger partial charge in [-0.05, 0) is 57.9 Å². The van der Waals surface area contributed by atoms with Crippen molar-refractivity contribution in [2.24, 2.45) is 0 Å². The number of nitrogens with zero attached hydrogens (tertiary/aromatic N) is 9. The van der Waals surface area contributed by atoms with Crippen molar-refractivity contribution in [2.45, 2.75) is 64.1 Å². The van der Waals surface area contributed by atoms with Crippen LogP contribution >= 0.6 is 23.2 Å². The number of aromatic nitrogens is 8. The number of hydrogen-bond acceptors (Lipinski definition) is 12. The maximum Gasteiger partial charge on any atom is 0.410 e. The minimum atomic E-state index is -0.503. The normalized spacial score (nSPS) is 14.8. The van der Waals surface area contributed by atoms with E-state index in [0.717, 1.165) is 72.7 Å². The van der Waals surface area contributed by atoms with Crippen LogP contribution in [0.3, 0.4) is 0 Å². The number of halogens is 3. The van der Waals surface area contributed by atoms with Gasteiger partial charge in [0.1, 0.15) is 40.9 Å². The number of likely N-dealkylation sites (tertiary alicyclic amines) is 1. The number of carbonyl (C=O) groups is 1. The van der Waals surface area contributed by atoms with Crippen molar-refractivity contribution in [3.8, 4) is 45.3 Å². The summed E-state index contributed by atoms with van der Waals surface area (Å²) in [5, 5.41) is 10.5. The van der Waals surface area contributed by atoms with Crippen LogP contribution in [0.2, 0.25) is 10.0 Å². The van der Waals surface area contributed by atoms with Gasteiger partial charge >= 0.3 is 17.8 Å². The first kappa shape index (κ1) is 44.4. The molecule has 2 fully saturated rings. The molecule has 0 spiro atoms. The van der Waals surface area contributed by atoms with Crippen LogP contribution in [0.1, 0.15) is 46.5 Å². The molecule has 0 aliphatic carbocycles. The molecular formula is C45H47Cl3N12O4. The lowest BCUT2D eigenvalue weighted by molar-refractivity contribution is -0.662. The highest BCUT2D eigenvalue weighted by Gasteiger charge is 2.28. The van der Waals surface area contributed by atoms with E-state index in [1.54, 1.807) is 36.0 Å². The van der Waals surface area contributed by atoms with Crippen LogP contribution in [0.25, 0.3) is 57.0 Å². The molecule has 0 atom stereocenters. The van der Waals surface area contributed by atoms with E-state index in [2.05, 4.69) is 35.9 Å². The van der Waals surface area contributed by atoms with Gasteiger partial charge < -0.3 is 46.8 Å². The first-order valence-corrected chi connectivity index (χ1v) is 21.7. The van der Waals surface area contributed by atoms with Crippen molar-refractivity contribution < 1.29 is 36.1 Å². The molecule has 2 aliphatic rings. The summed E-state index contributed by atoms with van der Waals surface area (Å²) in [7, 11) is 0. The van der Waals surface area contributed by atoms with Gasteiger partial charge in [-0.2, -0.15) is 9.97 Å². The summed E-state index contributed by atoms with van der Waals surface area (Å²) in [4.78, 5) is 41.8. The van der Waals surface area contributed by atoms with E-state index in [0.29, 0.717) is 64.1 Å². The Morgan fingerprint density at radius 1 is 0.703 bits per heavy atom. The van der Waals surface area contributed by atoms with E-state index in [1.165, 1.54) is 0 Å². The van der Waals surface area contributed by atoms with Gasteiger partial charge in [0, 0.05) is 73.9 Å². The highest BCUT2D eigenvalue weighted by Crippen LogP contribution is 2.37. The van der Waals surface area contributed by atoms with Gasteiger partial charge in [0.05, 0.1) is 34.5 Å². The number of anilines is 2. The fourth-order valence-electron chi connectivity index (χ4n) is 7.83. The fourth-order valence-corrected chi connectivity index (χ4v) is 8.28. The van der Waals surface area contributed by atoms with Crippen molar-refractivity contribution >= 4 is 52.9 Å². The van der Waals surface area contributed by atoms with Crippen molar-refractivity contribution in [3.63, 3.8) is 0 Å². The van der Waals surface area contributed by atoms with Gasteiger partial charge in [0.25, 0.3) is 0 Å². The third-order valence-electron chi connectivity index (χ3n) is 10.8. The SMILES string of the molecule is CC(C)(C)OC(=O)N1CCC(Nc2nccc(-c3c(-c4ccccc4Cl)nc4occn34)n2)CC1.Clc1ccccc1-c1nc2occn2c1-c1ccnc(NC2CC[NH2+]CC2)n1.[Cl-]. The lowest BCUT2D eigenvalue weighted by Gasteiger charge is -2.33. The predicted octanol–water partition coefficient (Wildman–Crippen LogP) is 5.36. The lowest BCUT2D eigenvalue weighted by Crippen LogP contribution is -3.00. The highest BCUT2D eigenvalue weighted by atomic mass is 35.5. The molecule has 1 amide bonds. The van der Waals surface area contributed by atoms with Crippen molar-refractivity contribution in [3.05, 3.63) is 108 Å². The molecule has 2 aliphatic heterocycles. The third kappa shape index (κ3) is 9.79. The molecule has 6 aromatic heterocycles. The first-order chi connectivity index (χ1) is 30.6. The number of rotatable bonds is 8. The number of piperidine rings is 2. The van der Waals surface area contributed by atoms with Crippen LogP contribution in [0.15, 0.2) is 107 Å². The van der Waals surface area contributed by atoms with Crippen LogP contribution < -0.4 is 28.4 Å². The van der Waals surface area contributed by atoms with Gasteiger partial charge in [-0.25, -0.2) is 24.7 Å². The maximum atomic E-state index is 12.3. The predicted molar refractivity (Wildman–Crippen MR) is 241 cm³/mol. The Morgan fingerprint density at radius 2 is 1.17 bits per heavy atom. The number of hydrogen-bond donors (Lipinski definition) is 3. The lowest BCUT2D eigenvalue weighted by atomic mass is 10.1. The average Bonchev–Trinajstić information content (AvgIpc) is 4.07. The zero-order valence-corrected chi connectivity index (χ0v) is 37.7. The molecule has 10 rings (SSSR count). The topological polar surface area (TPSA) is 183 Å². The van der Waals surface area contributed by atoms with E-state index in [1.807, 2.05) is 96.4 Å². The maximum absolute atomic E-state index is 12.3. The van der Waals surface area contributed by atoms with Crippen LogP contribution in [0, 0.1) is 0 Å². The monoisotopic (exact) mass is 924 g/mol. The van der Waals surface area contributed by atoms with E-state index in [-0.39, 0.29) is 24.5 Å². The zero-order valence-electron chi connectivity index (χ0n) is 35.4. The number of nitrogens with two attached hydrogens (primary N) is 1. The van der Waals surface area contributed by atoms with Crippen LogP contribution in [0.5, 0.6) is 0 Å². The Bertz CT molecular complexity index is 2850. The molecule has 8 heterocycles. The summed E-state index contributed by atoms with van der Waals surface area (Å²) in [5.74, 6) is 2.10. The van der Waals surface area contributed by atoms with E-state index >= 15 is 0 Å². The Morgan fingerprint density at radius 3 is 1.64 bits per heavy atom. The number of quaternary nitrogens is 1. The zero-order chi connectivity index (χ0) is 43.5. The molecule has 0 saturated carbocycles. The summed E-state index contributed by atoms with van der Waals surface area (Å²) in [6.45, 7) is 9.11. The van der Waals surface area contributed by atoms with Gasteiger partial charge in [-0.1, -0.05) is 59.6 Å². The molecule has 64 heavy (non-hydrogen) atoms. The number of oxazole rings is 2. The Kier molecular flexibility index (Phi) is 13.4. The number of nitrogens with one attached hydrogen (secondary N) is 2. The number of amides is 1. The van der Waals surface area contributed by atoms with Crippen LogP contribution in [-0.2, 0) is 4.74 Å². The molecule has 2 saturated heterocycles. The average molecular weight is 926 g/mol. The second-order valence-electron chi connectivity index (χ2n) is 16.4. The Labute approximate surface area is 385 Å². The number of ether oxygens (including phenoxy) is 1. The third-order valence-corrected chi connectivity index (χ3v) is 11.5. The quantitative estimate of drug-likeness (QED) is 0.178. The second-order valence-corrected chi connectivity index (χ2v) is 17.2. The molecule has 0 radical (unpaired) electrons. The van der Waals surface area contributed by atoms with E-state index in [9.17, 15) is 4.79 Å². The summed E-state index contributed by atoms with van der Waals surface area (Å²) >= 11 is 12.9. The number of carbonyl (C=O) groups excluding carboxylic acids is 1. The minimum Gasteiger partial charge on any atom is -1.00 e. The molecule has 0 bridgehead atoms. The Balaban J connectivity index is 0.000000176. The van der Waals surface area contributed by atoms with Gasteiger partial charge in [0.15, 0.2) is 0 Å². The van der Waals surface area contributed by atoms with Crippen molar-refractivity contribution in [2.75, 3.05) is 36.8 Å². The molecule has 2 aromatic carbocycles. The van der Waals surface area contributed by atoms with Crippen molar-refractivity contribution in [1.82, 2.24) is 43.6 Å². The summed E-state index contributed by atoms with van der Waals surface area (Å²) in [6, 6.07) is 19.5. The Hall–Kier alpha value is -6.20. The van der Waals surface area contributed by atoms with Crippen molar-refractivity contribution in [1.29, 1.82) is 0 Å². The smallest absolute Gasteiger partial charge is 0.410 e. The molecular weight excluding hydrogens is 879 g/mol. The standard InChI is InChI=1S/C25H27ClN6O3.C20H19ClN6O.ClH/c1-25(2,3)35-24(33)31-12-9-16(10-13-31)28-22-27-11-8-19(29-22)21-20(17-6-4-5-7-18(17)26)30-23-32(21)14-15-34-23;21-15-4-2-1-3-14(15)17-18(27-11-12-28-20(27)26-17)16-7-10-23-19(25-16)24-13-5-8-22-9-6-13;/h4-8,11,14-16H,9-10,12-13H2,1-3H3,(H,27,28,29);1-4,7,10-13,22H,5-6,8-9H2,(H,23,24,25);1H. The highest BCUT2D eigenvalue weighted by molar-refractivity contribution is 6.33. The number of fused-ring (bicyclic) bond motifs is 2. The molecule has 8 aromatic rings. The van der Waals surface area contributed by atoms with Crippen LogP contribution in [-0.4, -0.2) is 93.6 Å². The van der Waals surface area contributed by atoms with Gasteiger partial charge in [0.2, 0.25) is 11.9 Å². The fraction of sp³-hybridized carbons (Fsp3) is 0.311.